The number of aromatic nitrogens is 1. The third-order valence-corrected chi connectivity index (χ3v) is 3.16. The Morgan fingerprint density at radius 1 is 1.00 bits per heavy atom. The van der Waals surface area contributed by atoms with Gasteiger partial charge in [-0.05, 0) is 19.1 Å². The predicted octanol–water partition coefficient (Wildman–Crippen LogP) is 4.02. The lowest BCUT2D eigenvalue weighted by Gasteiger charge is -1.97. The van der Waals surface area contributed by atoms with E-state index in [0.29, 0.717) is 11.5 Å². The molecule has 1 N–H and O–H groups in total. The number of nitrogens with zero attached hydrogens (tertiary/aromatic N) is 1. The van der Waals surface area contributed by atoms with E-state index >= 15 is 0 Å². The van der Waals surface area contributed by atoms with E-state index in [4.69, 9.17) is 4.42 Å². The highest BCUT2D eigenvalue weighted by atomic mass is 16.4. The Hall–Kier alpha value is -2.88. The molecule has 3 rings (SSSR count). The molecule has 0 aliphatic rings. The maximum absolute atomic E-state index is 11.4. The number of aromatic carboxylic acids is 1. The molecule has 0 fully saturated rings. The Bertz CT molecular complexity index is 774. The number of carbonyl (C=O) groups is 1. The highest BCUT2D eigenvalue weighted by Gasteiger charge is 2.21. The topological polar surface area (TPSA) is 63.3 Å². The average Bonchev–Trinajstić information content (AvgIpc) is 2.94. The second kappa shape index (κ2) is 5.25. The van der Waals surface area contributed by atoms with Crippen LogP contribution in [0.2, 0.25) is 0 Å². The molecule has 3 aromatic rings. The molecule has 1 aromatic heterocycles. The normalized spacial score (nSPS) is 10.5. The molecule has 1 heterocycles. The van der Waals surface area contributed by atoms with Crippen LogP contribution in [0, 0.1) is 6.92 Å². The monoisotopic (exact) mass is 279 g/mol. The molecule has 4 heteroatoms. The van der Waals surface area contributed by atoms with Gasteiger partial charge in [0.2, 0.25) is 5.89 Å². The quantitative estimate of drug-likeness (QED) is 0.786. The van der Waals surface area contributed by atoms with E-state index in [-0.39, 0.29) is 11.5 Å². The van der Waals surface area contributed by atoms with Gasteiger partial charge in [0.15, 0.2) is 11.5 Å². The number of hydrogen-bond donors (Lipinski definition) is 1. The average molecular weight is 279 g/mol. The lowest BCUT2D eigenvalue weighted by atomic mass is 10.1. The fourth-order valence-corrected chi connectivity index (χ4v) is 2.07. The van der Waals surface area contributed by atoms with Crippen molar-refractivity contribution in [1.82, 2.24) is 4.98 Å². The summed E-state index contributed by atoms with van der Waals surface area (Å²) in [7, 11) is 0. The summed E-state index contributed by atoms with van der Waals surface area (Å²) < 4.78 is 5.70. The van der Waals surface area contributed by atoms with Crippen molar-refractivity contribution in [3.8, 4) is 22.8 Å². The Morgan fingerprint density at radius 3 is 2.29 bits per heavy atom. The Kier molecular flexibility index (Phi) is 3.28. The van der Waals surface area contributed by atoms with Gasteiger partial charge in [-0.15, -0.1) is 0 Å². The third kappa shape index (κ3) is 2.56. The molecule has 21 heavy (non-hydrogen) atoms. The summed E-state index contributed by atoms with van der Waals surface area (Å²) in [5, 5.41) is 9.31. The lowest BCUT2D eigenvalue weighted by molar-refractivity contribution is 0.0691. The molecule has 0 unspecified atom stereocenters. The van der Waals surface area contributed by atoms with Crippen molar-refractivity contribution in [2.45, 2.75) is 6.92 Å². The van der Waals surface area contributed by atoms with Crippen LogP contribution in [-0.2, 0) is 0 Å². The van der Waals surface area contributed by atoms with Crippen LogP contribution in [0.15, 0.2) is 59.0 Å². The van der Waals surface area contributed by atoms with Gasteiger partial charge in [0, 0.05) is 11.1 Å². The highest BCUT2D eigenvalue weighted by Crippen LogP contribution is 2.29. The molecule has 0 amide bonds. The number of rotatable bonds is 3. The number of benzene rings is 2. The van der Waals surface area contributed by atoms with Gasteiger partial charge in [0.1, 0.15) is 0 Å². The molecule has 0 radical (unpaired) electrons. The second-order valence-corrected chi connectivity index (χ2v) is 4.73. The van der Waals surface area contributed by atoms with Crippen molar-refractivity contribution < 1.29 is 14.3 Å². The Morgan fingerprint density at radius 2 is 1.67 bits per heavy atom. The zero-order valence-corrected chi connectivity index (χ0v) is 11.4. The van der Waals surface area contributed by atoms with Gasteiger partial charge in [-0.25, -0.2) is 9.78 Å². The van der Waals surface area contributed by atoms with E-state index in [0.717, 1.165) is 11.1 Å². The van der Waals surface area contributed by atoms with E-state index < -0.39 is 5.97 Å². The van der Waals surface area contributed by atoms with Crippen molar-refractivity contribution in [2.24, 2.45) is 0 Å². The minimum Gasteiger partial charge on any atom is -0.476 e. The Labute approximate surface area is 121 Å². The standard InChI is InChI=1S/C17H13NO3/c1-11-7-9-13(10-8-11)16-18-14(17(19)20)15(21-16)12-5-3-2-4-6-12/h2-10H,1H3,(H,19,20). The van der Waals surface area contributed by atoms with Gasteiger partial charge < -0.3 is 9.52 Å². The predicted molar refractivity (Wildman–Crippen MR) is 79.1 cm³/mol. The summed E-state index contributed by atoms with van der Waals surface area (Å²) in [6.45, 7) is 1.98. The van der Waals surface area contributed by atoms with Gasteiger partial charge in [0.25, 0.3) is 0 Å². The van der Waals surface area contributed by atoms with Crippen LogP contribution in [0.25, 0.3) is 22.8 Å². The third-order valence-electron chi connectivity index (χ3n) is 3.16. The molecule has 0 bridgehead atoms. The molecule has 0 atom stereocenters. The zero-order chi connectivity index (χ0) is 14.8. The molecule has 0 saturated carbocycles. The van der Waals surface area contributed by atoms with Crippen molar-refractivity contribution in [3.63, 3.8) is 0 Å². The summed E-state index contributed by atoms with van der Waals surface area (Å²) in [5.41, 5.74) is 2.50. The maximum Gasteiger partial charge on any atom is 0.358 e. The molecule has 0 saturated heterocycles. The molecular weight excluding hydrogens is 266 g/mol. The van der Waals surface area contributed by atoms with Crippen LogP contribution >= 0.6 is 0 Å². The summed E-state index contributed by atoms with van der Waals surface area (Å²) in [4.78, 5) is 15.5. The van der Waals surface area contributed by atoms with E-state index in [9.17, 15) is 9.90 Å². The van der Waals surface area contributed by atoms with E-state index in [1.54, 1.807) is 12.1 Å². The largest absolute Gasteiger partial charge is 0.476 e. The van der Waals surface area contributed by atoms with Crippen LogP contribution in [0.3, 0.4) is 0 Å². The second-order valence-electron chi connectivity index (χ2n) is 4.73. The van der Waals surface area contributed by atoms with Gasteiger partial charge in [-0.3, -0.25) is 0 Å². The molecule has 0 spiro atoms. The van der Waals surface area contributed by atoms with Crippen molar-refractivity contribution in [2.75, 3.05) is 0 Å². The number of carboxylic acid groups (broad SMARTS) is 1. The Balaban J connectivity index is 2.13. The maximum atomic E-state index is 11.4. The minimum absolute atomic E-state index is 0.0724. The summed E-state index contributed by atoms with van der Waals surface area (Å²) in [5.74, 6) is -0.513. The lowest BCUT2D eigenvalue weighted by Crippen LogP contribution is -1.98. The van der Waals surface area contributed by atoms with Crippen molar-refractivity contribution in [3.05, 3.63) is 65.9 Å². The highest BCUT2D eigenvalue weighted by molar-refractivity contribution is 5.93. The molecule has 4 nitrogen and oxygen atoms in total. The molecule has 2 aromatic carbocycles. The van der Waals surface area contributed by atoms with Gasteiger partial charge in [0.05, 0.1) is 0 Å². The van der Waals surface area contributed by atoms with Crippen LogP contribution in [0.1, 0.15) is 16.1 Å². The van der Waals surface area contributed by atoms with Crippen LogP contribution in [0.5, 0.6) is 0 Å². The zero-order valence-electron chi connectivity index (χ0n) is 11.4. The van der Waals surface area contributed by atoms with Gasteiger partial charge in [-0.1, -0.05) is 48.0 Å². The fourth-order valence-electron chi connectivity index (χ4n) is 2.07. The first-order valence-corrected chi connectivity index (χ1v) is 6.52. The number of aryl methyl sites for hydroxylation is 1. The van der Waals surface area contributed by atoms with Crippen LogP contribution in [0.4, 0.5) is 0 Å². The van der Waals surface area contributed by atoms with Crippen molar-refractivity contribution in [1.29, 1.82) is 0 Å². The summed E-state index contributed by atoms with van der Waals surface area (Å²) in [6.07, 6.45) is 0. The first-order chi connectivity index (χ1) is 10.1. The molecule has 0 aliphatic heterocycles. The smallest absolute Gasteiger partial charge is 0.358 e. The van der Waals surface area contributed by atoms with Gasteiger partial charge >= 0.3 is 5.97 Å². The van der Waals surface area contributed by atoms with Crippen LogP contribution < -0.4 is 0 Å². The molecule has 104 valence electrons. The van der Waals surface area contributed by atoms with E-state index in [1.807, 2.05) is 49.4 Å². The summed E-state index contributed by atoms with van der Waals surface area (Å²) in [6, 6.07) is 16.7. The molecular formula is C17H13NO3. The SMILES string of the molecule is Cc1ccc(-c2nc(C(=O)O)c(-c3ccccc3)o2)cc1. The van der Waals surface area contributed by atoms with Gasteiger partial charge in [-0.2, -0.15) is 0 Å². The number of oxazole rings is 1. The van der Waals surface area contributed by atoms with Crippen molar-refractivity contribution >= 4 is 5.97 Å². The minimum atomic E-state index is -1.10. The van der Waals surface area contributed by atoms with E-state index in [1.165, 1.54) is 0 Å². The first kappa shape index (κ1) is 13.1. The first-order valence-electron chi connectivity index (χ1n) is 6.52. The fraction of sp³-hybridized carbons (Fsp3) is 0.0588. The van der Waals surface area contributed by atoms with E-state index in [2.05, 4.69) is 4.98 Å². The molecule has 0 aliphatic carbocycles. The summed E-state index contributed by atoms with van der Waals surface area (Å²) >= 11 is 0. The van der Waals surface area contributed by atoms with Crippen LogP contribution in [-0.4, -0.2) is 16.1 Å². The number of carboxylic acids is 1. The number of hydrogen-bond acceptors (Lipinski definition) is 3.